The Morgan fingerprint density at radius 2 is 1.72 bits per heavy atom. The van der Waals surface area contributed by atoms with E-state index in [0.29, 0.717) is 30.5 Å². The van der Waals surface area contributed by atoms with Crippen molar-refractivity contribution in [2.45, 2.75) is 57.0 Å². The molecular formula is C33H43Br2N5O3. The van der Waals surface area contributed by atoms with Crippen LogP contribution in [0.5, 0.6) is 11.5 Å². The minimum atomic E-state index is -0.766. The molecule has 3 aromatic rings. The van der Waals surface area contributed by atoms with Gasteiger partial charge in [0.1, 0.15) is 23.4 Å². The molecule has 232 valence electrons. The summed E-state index contributed by atoms with van der Waals surface area (Å²) in [7, 11) is 2.10. The van der Waals surface area contributed by atoms with Crippen LogP contribution in [0.25, 0.3) is 0 Å². The fourth-order valence-electron chi connectivity index (χ4n) is 6.05. The molecule has 2 amide bonds. The van der Waals surface area contributed by atoms with Crippen LogP contribution >= 0.6 is 34.0 Å². The maximum atomic E-state index is 13.8. The van der Waals surface area contributed by atoms with Crippen LogP contribution in [0.4, 0.5) is 5.82 Å². The lowest BCUT2D eigenvalue weighted by molar-refractivity contribution is -0.130. The Morgan fingerprint density at radius 1 is 0.977 bits per heavy atom. The van der Waals surface area contributed by atoms with Crippen molar-refractivity contribution in [3.63, 3.8) is 0 Å². The van der Waals surface area contributed by atoms with Gasteiger partial charge in [-0.2, -0.15) is 0 Å². The molecule has 8 nitrogen and oxygen atoms in total. The summed E-state index contributed by atoms with van der Waals surface area (Å²) in [6.45, 7) is 1.67. The SMILES string of the molecule is Br.Br.CN1CCC[C@H]1c1cccnc1NC(=O)[C@H](Cc1cccc(Oc2ccccc2)c1)NC(=O)C1CCC(CN)CC1. The van der Waals surface area contributed by atoms with Crippen molar-refractivity contribution < 1.29 is 14.3 Å². The number of nitrogens with two attached hydrogens (primary N) is 1. The van der Waals surface area contributed by atoms with E-state index in [1.54, 1.807) is 6.20 Å². The van der Waals surface area contributed by atoms with Crippen LogP contribution in [0, 0.1) is 11.8 Å². The van der Waals surface area contributed by atoms with E-state index in [1.165, 1.54) is 0 Å². The largest absolute Gasteiger partial charge is 0.457 e. The zero-order valence-corrected chi connectivity index (χ0v) is 28.0. The Kier molecular flexibility index (Phi) is 13.6. The number of halogens is 2. The van der Waals surface area contributed by atoms with Crippen molar-refractivity contribution in [3.8, 4) is 11.5 Å². The van der Waals surface area contributed by atoms with Gasteiger partial charge in [0.05, 0.1) is 0 Å². The number of carbonyl (C=O) groups excluding carboxylic acids is 2. The van der Waals surface area contributed by atoms with Crippen molar-refractivity contribution in [3.05, 3.63) is 84.1 Å². The topological polar surface area (TPSA) is 110 Å². The summed E-state index contributed by atoms with van der Waals surface area (Å²) in [5, 5.41) is 6.16. The van der Waals surface area contributed by atoms with Crippen molar-refractivity contribution in [2.24, 2.45) is 17.6 Å². The van der Waals surface area contributed by atoms with Crippen LogP contribution in [0.3, 0.4) is 0 Å². The zero-order chi connectivity index (χ0) is 28.6. The smallest absolute Gasteiger partial charge is 0.248 e. The number of rotatable bonds is 10. The predicted molar refractivity (Wildman–Crippen MR) is 181 cm³/mol. The minimum Gasteiger partial charge on any atom is -0.457 e. The molecule has 0 radical (unpaired) electrons. The van der Waals surface area contributed by atoms with E-state index < -0.39 is 6.04 Å². The van der Waals surface area contributed by atoms with Gasteiger partial charge in [-0.1, -0.05) is 36.4 Å². The van der Waals surface area contributed by atoms with E-state index >= 15 is 0 Å². The van der Waals surface area contributed by atoms with Crippen molar-refractivity contribution >= 4 is 51.6 Å². The molecule has 0 spiro atoms. The normalized spacial score (nSPS) is 20.7. The number of para-hydroxylation sites is 1. The fourth-order valence-corrected chi connectivity index (χ4v) is 6.05. The number of hydrogen-bond acceptors (Lipinski definition) is 6. The first-order chi connectivity index (χ1) is 20.0. The molecule has 2 heterocycles. The second-order valence-electron chi connectivity index (χ2n) is 11.4. The Hall–Kier alpha value is -2.79. The van der Waals surface area contributed by atoms with Crippen LogP contribution in [-0.2, 0) is 16.0 Å². The van der Waals surface area contributed by atoms with Crippen LogP contribution in [-0.4, -0.2) is 47.9 Å². The number of hydrogen-bond donors (Lipinski definition) is 3. The Balaban J connectivity index is 0.00000253. The van der Waals surface area contributed by atoms with Gasteiger partial charge < -0.3 is 21.1 Å². The molecule has 1 aromatic heterocycles. The second-order valence-corrected chi connectivity index (χ2v) is 11.4. The van der Waals surface area contributed by atoms with Crippen molar-refractivity contribution in [1.82, 2.24) is 15.2 Å². The molecule has 0 unspecified atom stereocenters. The first-order valence-corrected chi connectivity index (χ1v) is 14.8. The maximum Gasteiger partial charge on any atom is 0.248 e. The number of likely N-dealkylation sites (tertiary alicyclic amines) is 1. The molecule has 2 atom stereocenters. The molecular weight excluding hydrogens is 674 g/mol. The third-order valence-corrected chi connectivity index (χ3v) is 8.46. The van der Waals surface area contributed by atoms with Crippen molar-refractivity contribution in [2.75, 3.05) is 25.5 Å². The molecule has 0 bridgehead atoms. The molecule has 2 aromatic carbocycles. The van der Waals surface area contributed by atoms with Gasteiger partial charge in [-0.05, 0) is 100 Å². The third-order valence-electron chi connectivity index (χ3n) is 8.46. The maximum absolute atomic E-state index is 13.8. The first kappa shape index (κ1) is 34.7. The molecule has 2 aliphatic rings. The second kappa shape index (κ2) is 16.9. The van der Waals surface area contributed by atoms with Gasteiger partial charge in [0.15, 0.2) is 0 Å². The van der Waals surface area contributed by atoms with Crippen LogP contribution in [0.15, 0.2) is 72.9 Å². The predicted octanol–water partition coefficient (Wildman–Crippen LogP) is 6.23. The van der Waals surface area contributed by atoms with E-state index in [0.717, 1.165) is 61.9 Å². The number of amides is 2. The van der Waals surface area contributed by atoms with E-state index in [-0.39, 0.29) is 57.7 Å². The van der Waals surface area contributed by atoms with Crippen molar-refractivity contribution in [1.29, 1.82) is 0 Å². The molecule has 5 rings (SSSR count). The standard InChI is InChI=1S/C33H41N5O3.2BrH/c1-38-19-7-13-30(38)28-12-6-18-35-31(28)37-33(40)29(36-32(39)25-16-14-23(22-34)15-17-25)21-24-8-5-11-27(20-24)41-26-9-3-2-4-10-26;;/h2-6,8-12,18,20,23,25,29-30H,7,13-17,19,21-22,34H2,1H3,(H,36,39)(H,35,37,40);2*1H/t23?,25?,29-,30-;;/m0../s1. The summed E-state index contributed by atoms with van der Waals surface area (Å²) < 4.78 is 6.02. The van der Waals surface area contributed by atoms with E-state index in [9.17, 15) is 9.59 Å². The summed E-state index contributed by atoms with van der Waals surface area (Å²) in [4.78, 5) is 34.1. The van der Waals surface area contributed by atoms with E-state index in [2.05, 4.69) is 27.6 Å². The quantitative estimate of drug-likeness (QED) is 0.230. The van der Waals surface area contributed by atoms with Crippen LogP contribution in [0.2, 0.25) is 0 Å². The Morgan fingerprint density at radius 3 is 2.42 bits per heavy atom. The number of ether oxygens (including phenoxy) is 1. The Bertz CT molecular complexity index is 1320. The monoisotopic (exact) mass is 715 g/mol. The lowest BCUT2D eigenvalue weighted by Gasteiger charge is -2.28. The van der Waals surface area contributed by atoms with E-state index in [1.807, 2.05) is 66.7 Å². The first-order valence-electron chi connectivity index (χ1n) is 14.8. The van der Waals surface area contributed by atoms with Crippen LogP contribution in [0.1, 0.15) is 55.7 Å². The highest BCUT2D eigenvalue weighted by molar-refractivity contribution is 8.93. The summed E-state index contributed by atoms with van der Waals surface area (Å²) in [5.41, 5.74) is 7.75. The number of anilines is 1. The summed E-state index contributed by atoms with van der Waals surface area (Å²) in [5.74, 6) is 1.98. The van der Waals surface area contributed by atoms with Gasteiger partial charge in [0.2, 0.25) is 11.8 Å². The number of benzene rings is 2. The van der Waals surface area contributed by atoms with Gasteiger partial charge in [-0.3, -0.25) is 14.5 Å². The average molecular weight is 718 g/mol. The van der Waals surface area contributed by atoms with Gasteiger partial charge in [0.25, 0.3) is 0 Å². The highest BCUT2D eigenvalue weighted by Crippen LogP contribution is 2.34. The molecule has 2 fully saturated rings. The molecule has 4 N–H and O–H groups in total. The number of carbonyl (C=O) groups is 2. The number of nitrogens with zero attached hydrogens (tertiary/aromatic N) is 2. The number of aromatic nitrogens is 1. The molecule has 1 saturated carbocycles. The molecule has 10 heteroatoms. The molecule has 1 aliphatic heterocycles. The Labute approximate surface area is 275 Å². The average Bonchev–Trinajstić information content (AvgIpc) is 3.43. The molecule has 43 heavy (non-hydrogen) atoms. The third kappa shape index (κ3) is 9.35. The molecule has 1 saturated heterocycles. The summed E-state index contributed by atoms with van der Waals surface area (Å²) in [6.07, 6.45) is 7.62. The van der Waals surface area contributed by atoms with Gasteiger partial charge in [-0.15, -0.1) is 34.0 Å². The van der Waals surface area contributed by atoms with Gasteiger partial charge in [-0.25, -0.2) is 4.98 Å². The van der Waals surface area contributed by atoms with Crippen LogP contribution < -0.4 is 21.1 Å². The highest BCUT2D eigenvalue weighted by atomic mass is 79.9. The number of pyridine rings is 1. The lowest BCUT2D eigenvalue weighted by Crippen LogP contribution is -2.48. The lowest BCUT2D eigenvalue weighted by atomic mass is 9.81. The van der Waals surface area contributed by atoms with Gasteiger partial charge >= 0.3 is 0 Å². The summed E-state index contributed by atoms with van der Waals surface area (Å²) >= 11 is 0. The van der Waals surface area contributed by atoms with Gasteiger partial charge in [0, 0.05) is 30.1 Å². The molecule has 1 aliphatic carbocycles. The minimum absolute atomic E-state index is 0. The zero-order valence-electron chi connectivity index (χ0n) is 24.6. The number of nitrogens with one attached hydrogen (secondary N) is 2. The van der Waals surface area contributed by atoms with E-state index in [4.69, 9.17) is 10.5 Å². The highest BCUT2D eigenvalue weighted by Gasteiger charge is 2.31. The summed E-state index contributed by atoms with van der Waals surface area (Å²) in [6, 6.07) is 20.6. The fraction of sp³-hybridized carbons (Fsp3) is 0.424.